The molecule has 19 heavy (non-hydrogen) atoms. The number of piperazine rings is 1. The highest BCUT2D eigenvalue weighted by Crippen LogP contribution is 2.09. The minimum atomic E-state index is -0.516. The monoisotopic (exact) mass is 281 g/mol. The van der Waals surface area contributed by atoms with Crippen LogP contribution in [0.2, 0.25) is 0 Å². The molecule has 1 aromatic heterocycles. The van der Waals surface area contributed by atoms with Crippen LogP contribution in [0.4, 0.5) is 0 Å². The number of carbonyl (C=O) groups is 2. The second-order valence-corrected chi connectivity index (χ2v) is 5.10. The molecule has 2 rings (SSSR count). The summed E-state index contributed by atoms with van der Waals surface area (Å²) in [7, 11) is 0. The van der Waals surface area contributed by atoms with Crippen molar-refractivity contribution in [3.8, 4) is 0 Å². The second kappa shape index (κ2) is 6.02. The van der Waals surface area contributed by atoms with Gasteiger partial charge in [-0.1, -0.05) is 6.07 Å². The first-order valence-corrected chi connectivity index (χ1v) is 6.66. The molecule has 0 N–H and O–H groups in total. The summed E-state index contributed by atoms with van der Waals surface area (Å²) >= 11 is 5.77. The zero-order chi connectivity index (χ0) is 13.8. The van der Waals surface area contributed by atoms with Crippen LogP contribution in [0.3, 0.4) is 0 Å². The van der Waals surface area contributed by atoms with Crippen LogP contribution >= 0.6 is 11.6 Å². The number of rotatable bonds is 2. The van der Waals surface area contributed by atoms with Crippen molar-refractivity contribution >= 4 is 23.4 Å². The van der Waals surface area contributed by atoms with Gasteiger partial charge in [-0.05, 0) is 19.1 Å². The number of hydrogen-bond acceptors (Lipinski definition) is 3. The highest BCUT2D eigenvalue weighted by molar-refractivity contribution is 6.30. The second-order valence-electron chi connectivity index (χ2n) is 4.45. The van der Waals surface area contributed by atoms with Crippen LogP contribution in [0.5, 0.6) is 0 Å². The Morgan fingerprint density at radius 2 is 1.84 bits per heavy atom. The summed E-state index contributed by atoms with van der Waals surface area (Å²) in [5, 5.41) is -0.516. The lowest BCUT2D eigenvalue weighted by Gasteiger charge is -2.35. The molecule has 1 saturated heterocycles. The summed E-state index contributed by atoms with van der Waals surface area (Å²) in [5.41, 5.74) is 0.438. The fourth-order valence-corrected chi connectivity index (χ4v) is 2.17. The minimum absolute atomic E-state index is 0.0772. The van der Waals surface area contributed by atoms with E-state index in [9.17, 15) is 9.59 Å². The Kier molecular flexibility index (Phi) is 4.37. The predicted molar refractivity (Wildman–Crippen MR) is 72.0 cm³/mol. The largest absolute Gasteiger partial charge is 0.338 e. The molecule has 1 aromatic rings. The molecule has 5 nitrogen and oxygen atoms in total. The highest BCUT2D eigenvalue weighted by Gasteiger charge is 2.26. The Morgan fingerprint density at radius 1 is 1.21 bits per heavy atom. The van der Waals surface area contributed by atoms with Crippen molar-refractivity contribution in [1.29, 1.82) is 0 Å². The maximum Gasteiger partial charge on any atom is 0.272 e. The van der Waals surface area contributed by atoms with Crippen LogP contribution < -0.4 is 0 Å². The molecule has 6 heteroatoms. The zero-order valence-corrected chi connectivity index (χ0v) is 11.5. The smallest absolute Gasteiger partial charge is 0.272 e. The van der Waals surface area contributed by atoms with Gasteiger partial charge in [0.2, 0.25) is 5.91 Å². The molecular weight excluding hydrogens is 266 g/mol. The molecule has 1 atom stereocenters. The fraction of sp³-hybridized carbons (Fsp3) is 0.462. The minimum Gasteiger partial charge on any atom is -0.338 e. The molecule has 0 bridgehead atoms. The van der Waals surface area contributed by atoms with E-state index in [0.29, 0.717) is 31.9 Å². The van der Waals surface area contributed by atoms with Gasteiger partial charge in [0.25, 0.3) is 5.91 Å². The van der Waals surface area contributed by atoms with E-state index in [0.717, 1.165) is 0 Å². The molecule has 1 fully saturated rings. The van der Waals surface area contributed by atoms with Crippen LogP contribution in [0.1, 0.15) is 17.4 Å². The third kappa shape index (κ3) is 3.23. The lowest BCUT2D eigenvalue weighted by atomic mass is 10.2. The van der Waals surface area contributed by atoms with E-state index in [1.807, 2.05) is 0 Å². The van der Waals surface area contributed by atoms with E-state index in [4.69, 9.17) is 11.6 Å². The summed E-state index contributed by atoms with van der Waals surface area (Å²) in [4.78, 5) is 31.3. The molecule has 102 valence electrons. The predicted octanol–water partition coefficient (Wildman–Crippen LogP) is 0.993. The fourth-order valence-electron chi connectivity index (χ4n) is 2.03. The highest BCUT2D eigenvalue weighted by atomic mass is 35.5. The first kappa shape index (κ1) is 13.8. The Bertz CT molecular complexity index is 456. The lowest BCUT2D eigenvalue weighted by molar-refractivity contribution is -0.131. The molecule has 1 unspecified atom stereocenters. The van der Waals surface area contributed by atoms with Crippen molar-refractivity contribution in [3.05, 3.63) is 30.1 Å². The van der Waals surface area contributed by atoms with Crippen molar-refractivity contribution in [1.82, 2.24) is 14.8 Å². The van der Waals surface area contributed by atoms with E-state index in [1.54, 1.807) is 41.1 Å². The molecule has 0 aromatic carbocycles. The third-order valence-electron chi connectivity index (χ3n) is 3.10. The molecule has 1 aliphatic heterocycles. The maximum atomic E-state index is 12.1. The molecule has 2 heterocycles. The van der Waals surface area contributed by atoms with Gasteiger partial charge < -0.3 is 9.80 Å². The van der Waals surface area contributed by atoms with Gasteiger partial charge >= 0.3 is 0 Å². The van der Waals surface area contributed by atoms with E-state index in [2.05, 4.69) is 4.98 Å². The van der Waals surface area contributed by atoms with Gasteiger partial charge in [-0.3, -0.25) is 14.6 Å². The van der Waals surface area contributed by atoms with E-state index >= 15 is 0 Å². The molecular formula is C13H16ClN3O2. The number of aromatic nitrogens is 1. The van der Waals surface area contributed by atoms with Crippen molar-refractivity contribution in [2.45, 2.75) is 12.3 Å². The summed E-state index contributed by atoms with van der Waals surface area (Å²) in [6, 6.07) is 5.26. The Balaban J connectivity index is 1.94. The number of hydrogen-bond donors (Lipinski definition) is 0. The van der Waals surface area contributed by atoms with Crippen molar-refractivity contribution in [3.63, 3.8) is 0 Å². The van der Waals surface area contributed by atoms with Crippen molar-refractivity contribution < 1.29 is 9.59 Å². The quantitative estimate of drug-likeness (QED) is 0.760. The SMILES string of the molecule is CC(Cl)C(=O)N1CCN(C(=O)c2ccccn2)CC1. The number of alkyl halides is 1. The average molecular weight is 282 g/mol. The molecule has 0 aliphatic carbocycles. The number of carbonyl (C=O) groups excluding carboxylic acids is 2. The van der Waals surface area contributed by atoms with Gasteiger partial charge in [0, 0.05) is 32.4 Å². The summed E-state index contributed by atoms with van der Waals surface area (Å²) in [6.45, 7) is 3.74. The number of pyridine rings is 1. The van der Waals surface area contributed by atoms with Gasteiger partial charge in [-0.2, -0.15) is 0 Å². The van der Waals surface area contributed by atoms with Crippen LogP contribution in [0, 0.1) is 0 Å². The van der Waals surface area contributed by atoms with Gasteiger partial charge in [0.05, 0.1) is 0 Å². The number of nitrogens with zero attached hydrogens (tertiary/aromatic N) is 3. The van der Waals surface area contributed by atoms with E-state index in [-0.39, 0.29) is 11.8 Å². The maximum absolute atomic E-state index is 12.1. The Hall–Kier alpha value is -1.62. The van der Waals surface area contributed by atoms with Crippen LogP contribution in [-0.4, -0.2) is 58.2 Å². The van der Waals surface area contributed by atoms with Crippen LogP contribution in [0.25, 0.3) is 0 Å². The number of halogens is 1. The van der Waals surface area contributed by atoms with Gasteiger partial charge in [0.15, 0.2) is 0 Å². The first-order chi connectivity index (χ1) is 9.09. The van der Waals surface area contributed by atoms with Crippen molar-refractivity contribution in [2.24, 2.45) is 0 Å². The summed E-state index contributed by atoms with van der Waals surface area (Å²) in [5.74, 6) is -0.168. The summed E-state index contributed by atoms with van der Waals surface area (Å²) < 4.78 is 0. The molecule has 0 spiro atoms. The van der Waals surface area contributed by atoms with Crippen LogP contribution in [0.15, 0.2) is 24.4 Å². The number of amides is 2. The first-order valence-electron chi connectivity index (χ1n) is 6.23. The average Bonchev–Trinajstić information content (AvgIpc) is 2.46. The zero-order valence-electron chi connectivity index (χ0n) is 10.8. The van der Waals surface area contributed by atoms with Gasteiger partial charge in [-0.15, -0.1) is 11.6 Å². The summed E-state index contributed by atoms with van der Waals surface area (Å²) in [6.07, 6.45) is 1.60. The lowest BCUT2D eigenvalue weighted by Crippen LogP contribution is -2.52. The van der Waals surface area contributed by atoms with E-state index in [1.165, 1.54) is 0 Å². The molecule has 0 saturated carbocycles. The van der Waals surface area contributed by atoms with Crippen molar-refractivity contribution in [2.75, 3.05) is 26.2 Å². The van der Waals surface area contributed by atoms with Crippen LogP contribution in [-0.2, 0) is 4.79 Å². The molecule has 1 aliphatic rings. The Labute approximate surface area is 117 Å². The van der Waals surface area contributed by atoms with Gasteiger partial charge in [0.1, 0.15) is 11.1 Å². The Morgan fingerprint density at radius 3 is 2.37 bits per heavy atom. The van der Waals surface area contributed by atoms with E-state index < -0.39 is 5.38 Å². The van der Waals surface area contributed by atoms with Gasteiger partial charge in [-0.25, -0.2) is 0 Å². The normalized spacial score (nSPS) is 17.2. The standard InChI is InChI=1S/C13H16ClN3O2/c1-10(14)12(18)16-6-8-17(9-7-16)13(19)11-4-2-3-5-15-11/h2-5,10H,6-9H2,1H3. The molecule has 2 amide bonds. The third-order valence-corrected chi connectivity index (χ3v) is 3.29. The topological polar surface area (TPSA) is 53.5 Å². The molecule has 0 radical (unpaired) electrons.